The number of carboxylic acids is 1. The highest BCUT2D eigenvalue weighted by Gasteiger charge is 2.38. The predicted molar refractivity (Wildman–Crippen MR) is 65.2 cm³/mol. The summed E-state index contributed by atoms with van der Waals surface area (Å²) in [5.41, 5.74) is 0. The van der Waals surface area contributed by atoms with Crippen LogP contribution < -0.4 is 0 Å². The Morgan fingerprint density at radius 2 is 2.00 bits per heavy atom. The normalized spacial score (nSPS) is 22.2. The van der Waals surface area contributed by atoms with E-state index in [1.54, 1.807) is 0 Å². The molecule has 0 aromatic carbocycles. The average Bonchev–Trinajstić information content (AvgIpc) is 2.75. The fraction of sp³-hybridized carbons (Fsp3) is 0.909. The first-order valence-electron chi connectivity index (χ1n) is 6.14. The molecule has 0 aromatic rings. The average molecular weight is 263 g/mol. The Kier molecular flexibility index (Phi) is 4.94. The maximum absolute atomic E-state index is 12.1. The van der Waals surface area contributed by atoms with Gasteiger partial charge in [-0.3, -0.25) is 4.79 Å². The SMILES string of the molecule is CCC(CC)CS(=O)(=O)N1CCCC1C(=O)O. The van der Waals surface area contributed by atoms with Crippen LogP contribution in [0.25, 0.3) is 0 Å². The summed E-state index contributed by atoms with van der Waals surface area (Å²) in [6.07, 6.45) is 2.68. The highest BCUT2D eigenvalue weighted by molar-refractivity contribution is 7.89. The second-order valence-corrected chi connectivity index (χ2v) is 6.53. The molecule has 1 aliphatic rings. The van der Waals surface area contributed by atoms with E-state index in [1.165, 1.54) is 4.31 Å². The van der Waals surface area contributed by atoms with Gasteiger partial charge in [0.2, 0.25) is 10.0 Å². The zero-order chi connectivity index (χ0) is 13.1. The van der Waals surface area contributed by atoms with E-state index in [0.717, 1.165) is 12.8 Å². The summed E-state index contributed by atoms with van der Waals surface area (Å²) in [4.78, 5) is 11.0. The molecule has 1 fully saturated rings. The number of aliphatic carboxylic acids is 1. The van der Waals surface area contributed by atoms with Crippen LogP contribution in [-0.4, -0.2) is 42.1 Å². The molecule has 0 spiro atoms. The fourth-order valence-corrected chi connectivity index (χ4v) is 4.49. The second kappa shape index (κ2) is 5.82. The molecule has 1 unspecified atom stereocenters. The maximum Gasteiger partial charge on any atom is 0.322 e. The van der Waals surface area contributed by atoms with Gasteiger partial charge in [0.15, 0.2) is 0 Å². The molecule has 0 saturated carbocycles. The van der Waals surface area contributed by atoms with Crippen molar-refractivity contribution in [3.05, 3.63) is 0 Å². The van der Waals surface area contributed by atoms with Crippen LogP contribution in [-0.2, 0) is 14.8 Å². The van der Waals surface area contributed by atoms with Gasteiger partial charge in [-0.1, -0.05) is 26.7 Å². The predicted octanol–water partition coefficient (Wildman–Crippen LogP) is 1.30. The van der Waals surface area contributed by atoms with E-state index in [1.807, 2.05) is 13.8 Å². The topological polar surface area (TPSA) is 74.7 Å². The monoisotopic (exact) mass is 263 g/mol. The number of sulfonamides is 1. The minimum absolute atomic E-state index is 0.0732. The minimum Gasteiger partial charge on any atom is -0.480 e. The van der Waals surface area contributed by atoms with Crippen LogP contribution in [0.2, 0.25) is 0 Å². The van der Waals surface area contributed by atoms with Crippen LogP contribution in [0.3, 0.4) is 0 Å². The molecule has 0 aliphatic carbocycles. The van der Waals surface area contributed by atoms with Gasteiger partial charge in [0.1, 0.15) is 6.04 Å². The molecule has 100 valence electrons. The number of nitrogens with zero attached hydrogens (tertiary/aromatic N) is 1. The molecule has 1 aliphatic heterocycles. The van der Waals surface area contributed by atoms with E-state index in [0.29, 0.717) is 19.4 Å². The second-order valence-electron chi connectivity index (χ2n) is 4.57. The van der Waals surface area contributed by atoms with Gasteiger partial charge >= 0.3 is 5.97 Å². The van der Waals surface area contributed by atoms with Crippen LogP contribution in [0.4, 0.5) is 0 Å². The van der Waals surface area contributed by atoms with Crippen LogP contribution in [0.1, 0.15) is 39.5 Å². The summed E-state index contributed by atoms with van der Waals surface area (Å²) in [6, 6.07) is -0.852. The summed E-state index contributed by atoms with van der Waals surface area (Å²) in [7, 11) is -3.43. The van der Waals surface area contributed by atoms with Crippen molar-refractivity contribution < 1.29 is 18.3 Å². The van der Waals surface area contributed by atoms with Crippen molar-refractivity contribution in [3.63, 3.8) is 0 Å². The molecule has 1 saturated heterocycles. The van der Waals surface area contributed by atoms with E-state index >= 15 is 0 Å². The molecule has 0 aromatic heterocycles. The molecule has 0 amide bonds. The Bertz CT molecular complexity index is 362. The van der Waals surface area contributed by atoms with Crippen LogP contribution in [0.5, 0.6) is 0 Å². The third kappa shape index (κ3) is 3.42. The maximum atomic E-state index is 12.1. The summed E-state index contributed by atoms with van der Waals surface area (Å²) in [5.74, 6) is -0.838. The van der Waals surface area contributed by atoms with E-state index in [-0.39, 0.29) is 11.7 Å². The van der Waals surface area contributed by atoms with E-state index < -0.39 is 22.0 Å². The molecule has 1 atom stereocenters. The van der Waals surface area contributed by atoms with E-state index in [2.05, 4.69) is 0 Å². The molecule has 0 radical (unpaired) electrons. The number of carbonyl (C=O) groups is 1. The van der Waals surface area contributed by atoms with Crippen molar-refractivity contribution in [1.29, 1.82) is 0 Å². The van der Waals surface area contributed by atoms with Crippen LogP contribution >= 0.6 is 0 Å². The van der Waals surface area contributed by atoms with Crippen molar-refractivity contribution >= 4 is 16.0 Å². The summed E-state index contributed by atoms with van der Waals surface area (Å²) >= 11 is 0. The van der Waals surface area contributed by atoms with Gasteiger partial charge in [0.25, 0.3) is 0 Å². The van der Waals surface area contributed by atoms with Gasteiger partial charge in [-0.15, -0.1) is 0 Å². The largest absolute Gasteiger partial charge is 0.480 e. The number of rotatable bonds is 6. The number of hydrogen-bond acceptors (Lipinski definition) is 3. The Labute approximate surface area is 103 Å². The van der Waals surface area contributed by atoms with Gasteiger partial charge in [-0.05, 0) is 18.8 Å². The van der Waals surface area contributed by atoms with Gasteiger partial charge in [-0.2, -0.15) is 4.31 Å². The molecular formula is C11H21NO4S. The van der Waals surface area contributed by atoms with Crippen molar-refractivity contribution in [2.45, 2.75) is 45.6 Å². The summed E-state index contributed by atoms with van der Waals surface area (Å²) < 4.78 is 25.5. The van der Waals surface area contributed by atoms with E-state index in [9.17, 15) is 13.2 Å². The first-order valence-corrected chi connectivity index (χ1v) is 7.75. The van der Waals surface area contributed by atoms with Gasteiger partial charge in [-0.25, -0.2) is 8.42 Å². The zero-order valence-corrected chi connectivity index (χ0v) is 11.2. The van der Waals surface area contributed by atoms with Crippen molar-refractivity contribution in [2.24, 2.45) is 5.92 Å². The molecule has 1 rings (SSSR count). The Hall–Kier alpha value is -0.620. The van der Waals surface area contributed by atoms with Gasteiger partial charge in [0.05, 0.1) is 5.75 Å². The molecule has 6 heteroatoms. The molecule has 17 heavy (non-hydrogen) atoms. The van der Waals surface area contributed by atoms with Crippen molar-refractivity contribution in [3.8, 4) is 0 Å². The van der Waals surface area contributed by atoms with Crippen LogP contribution in [0, 0.1) is 5.92 Å². The third-order valence-corrected chi connectivity index (χ3v) is 5.49. The third-order valence-electron chi connectivity index (χ3n) is 3.45. The molecule has 1 heterocycles. The molecular weight excluding hydrogens is 242 g/mol. The lowest BCUT2D eigenvalue weighted by atomic mass is 10.1. The highest BCUT2D eigenvalue weighted by Crippen LogP contribution is 2.24. The minimum atomic E-state index is -3.43. The van der Waals surface area contributed by atoms with Crippen molar-refractivity contribution in [1.82, 2.24) is 4.31 Å². The van der Waals surface area contributed by atoms with Crippen molar-refractivity contribution in [2.75, 3.05) is 12.3 Å². The summed E-state index contributed by atoms with van der Waals surface area (Å²) in [5, 5.41) is 8.99. The first-order chi connectivity index (χ1) is 7.92. The molecule has 0 bridgehead atoms. The first kappa shape index (κ1) is 14.4. The van der Waals surface area contributed by atoms with Gasteiger partial charge < -0.3 is 5.11 Å². The van der Waals surface area contributed by atoms with E-state index in [4.69, 9.17) is 5.11 Å². The quantitative estimate of drug-likeness (QED) is 0.784. The Balaban J connectivity index is 2.79. The lowest BCUT2D eigenvalue weighted by Gasteiger charge is -2.23. The number of hydrogen-bond donors (Lipinski definition) is 1. The molecule has 1 N–H and O–H groups in total. The zero-order valence-electron chi connectivity index (χ0n) is 10.4. The van der Waals surface area contributed by atoms with Gasteiger partial charge in [0, 0.05) is 6.54 Å². The lowest BCUT2D eigenvalue weighted by molar-refractivity contribution is -0.140. The summed E-state index contributed by atoms with van der Waals surface area (Å²) in [6.45, 7) is 4.27. The standard InChI is InChI=1S/C11H21NO4S/c1-3-9(4-2)8-17(15,16)12-7-5-6-10(12)11(13)14/h9-10H,3-8H2,1-2H3,(H,13,14). The fourth-order valence-electron chi connectivity index (χ4n) is 2.24. The number of carboxylic acid groups (broad SMARTS) is 1. The lowest BCUT2D eigenvalue weighted by Crippen LogP contribution is -2.42. The Morgan fingerprint density at radius 3 is 2.47 bits per heavy atom. The molecule has 5 nitrogen and oxygen atoms in total. The Morgan fingerprint density at radius 1 is 1.41 bits per heavy atom. The van der Waals surface area contributed by atoms with Crippen LogP contribution in [0.15, 0.2) is 0 Å². The highest BCUT2D eigenvalue weighted by atomic mass is 32.2. The smallest absolute Gasteiger partial charge is 0.322 e.